The summed E-state index contributed by atoms with van der Waals surface area (Å²) in [5.41, 5.74) is 6.76. The van der Waals surface area contributed by atoms with Gasteiger partial charge in [0, 0.05) is 23.8 Å². The van der Waals surface area contributed by atoms with E-state index in [9.17, 15) is 4.39 Å². The van der Waals surface area contributed by atoms with E-state index < -0.39 is 5.82 Å². The van der Waals surface area contributed by atoms with E-state index in [2.05, 4.69) is 20.6 Å². The number of hydrogen-bond acceptors (Lipinski definition) is 8. The number of nitrogens with one attached hydrogen (secondary N) is 2. The fourth-order valence-electron chi connectivity index (χ4n) is 4.52. The Balaban J connectivity index is 1.67. The number of benzene rings is 1. The predicted molar refractivity (Wildman–Crippen MR) is 120 cm³/mol. The largest absolute Gasteiger partial charge is 0.494 e. The van der Waals surface area contributed by atoms with E-state index in [1.165, 1.54) is 38.9 Å². The third kappa shape index (κ3) is 5.33. The van der Waals surface area contributed by atoms with Crippen LogP contribution in [0.25, 0.3) is 0 Å². The van der Waals surface area contributed by atoms with Crippen molar-refractivity contribution in [2.75, 3.05) is 36.1 Å². The quantitative estimate of drug-likeness (QED) is 0.599. The van der Waals surface area contributed by atoms with E-state index in [0.29, 0.717) is 23.6 Å². The van der Waals surface area contributed by atoms with Gasteiger partial charge in [-0.25, -0.2) is 4.39 Å². The molecule has 1 aliphatic carbocycles. The summed E-state index contributed by atoms with van der Waals surface area (Å²) in [5.74, 6) is 0.883. The van der Waals surface area contributed by atoms with Crippen molar-refractivity contribution in [1.82, 2.24) is 20.3 Å². The van der Waals surface area contributed by atoms with Crippen LogP contribution in [0.3, 0.4) is 0 Å². The monoisotopic (exact) mass is 429 g/mol. The van der Waals surface area contributed by atoms with Gasteiger partial charge < -0.3 is 26.0 Å². The summed E-state index contributed by atoms with van der Waals surface area (Å²) in [6.07, 6.45) is 8.94. The van der Waals surface area contributed by atoms with Crippen LogP contribution in [0, 0.1) is 5.82 Å². The third-order valence-corrected chi connectivity index (χ3v) is 6.13. The van der Waals surface area contributed by atoms with Crippen molar-refractivity contribution in [3.63, 3.8) is 0 Å². The molecule has 168 valence electrons. The smallest absolute Gasteiger partial charge is 0.236 e. The van der Waals surface area contributed by atoms with E-state index in [0.717, 1.165) is 38.8 Å². The molecule has 0 bridgehead atoms. The summed E-state index contributed by atoms with van der Waals surface area (Å²) in [4.78, 5) is 15.5. The lowest BCUT2D eigenvalue weighted by atomic mass is 10.0. The van der Waals surface area contributed by atoms with Crippen LogP contribution in [0.5, 0.6) is 5.75 Å². The molecular weight excluding hydrogens is 397 g/mol. The zero-order valence-corrected chi connectivity index (χ0v) is 18.1. The fourth-order valence-corrected chi connectivity index (χ4v) is 4.52. The number of methoxy groups -OCH3 is 1. The molecule has 4 rings (SSSR count). The molecule has 1 saturated carbocycles. The molecule has 1 aliphatic heterocycles. The summed E-state index contributed by atoms with van der Waals surface area (Å²) in [6, 6.07) is 5.40. The first-order valence-corrected chi connectivity index (χ1v) is 11.3. The molecule has 31 heavy (non-hydrogen) atoms. The molecule has 2 aliphatic rings. The molecule has 0 amide bonds. The second-order valence-electron chi connectivity index (χ2n) is 8.32. The fraction of sp³-hybridized carbons (Fsp3) is 0.591. The van der Waals surface area contributed by atoms with Gasteiger partial charge in [0.05, 0.1) is 7.11 Å². The van der Waals surface area contributed by atoms with Gasteiger partial charge in [0.15, 0.2) is 11.6 Å². The Morgan fingerprint density at radius 2 is 1.81 bits per heavy atom. The molecule has 9 heteroatoms. The second kappa shape index (κ2) is 10.1. The highest BCUT2D eigenvalue weighted by Gasteiger charge is 2.27. The number of piperidine rings is 1. The van der Waals surface area contributed by atoms with Gasteiger partial charge in [-0.2, -0.15) is 15.0 Å². The number of anilines is 4. The minimum Gasteiger partial charge on any atom is -0.494 e. The maximum atomic E-state index is 14.5. The standard InChI is InChI=1S/C22H32FN7O/c1-31-19-9-8-17(14-18(19)23)30(16-10-12-25-13-11-16)22-28-20(24)27-21(29-22)26-15-6-4-2-3-5-7-15/h8-9,14-16,25H,2-7,10-13H2,1H3,(H3,24,26,27,28,29). The average Bonchev–Trinajstić information content (AvgIpc) is 3.03. The lowest BCUT2D eigenvalue weighted by Crippen LogP contribution is -2.41. The Bertz CT molecular complexity index is 867. The summed E-state index contributed by atoms with van der Waals surface area (Å²) in [7, 11) is 1.46. The number of rotatable bonds is 6. The third-order valence-electron chi connectivity index (χ3n) is 6.13. The van der Waals surface area contributed by atoms with E-state index >= 15 is 0 Å². The van der Waals surface area contributed by atoms with Crippen LogP contribution in [0.1, 0.15) is 51.4 Å². The molecule has 8 nitrogen and oxygen atoms in total. The molecule has 2 aromatic rings. The Morgan fingerprint density at radius 1 is 1.06 bits per heavy atom. The van der Waals surface area contributed by atoms with Crippen molar-refractivity contribution in [2.24, 2.45) is 0 Å². The van der Waals surface area contributed by atoms with E-state index in [1.807, 2.05) is 11.0 Å². The zero-order chi connectivity index (χ0) is 21.6. The number of aromatic nitrogens is 3. The van der Waals surface area contributed by atoms with Gasteiger partial charge >= 0.3 is 0 Å². The Kier molecular flexibility index (Phi) is 7.01. The molecule has 1 aromatic carbocycles. The van der Waals surface area contributed by atoms with Gasteiger partial charge in [0.2, 0.25) is 17.8 Å². The molecule has 4 N–H and O–H groups in total. The summed E-state index contributed by atoms with van der Waals surface area (Å²) >= 11 is 0. The van der Waals surface area contributed by atoms with Gasteiger partial charge in [-0.1, -0.05) is 25.7 Å². The molecule has 0 unspecified atom stereocenters. The van der Waals surface area contributed by atoms with Crippen LogP contribution in [-0.4, -0.2) is 47.2 Å². The Morgan fingerprint density at radius 3 is 2.48 bits per heavy atom. The van der Waals surface area contributed by atoms with Crippen molar-refractivity contribution in [3.05, 3.63) is 24.0 Å². The molecule has 1 aromatic heterocycles. The Hall–Kier alpha value is -2.68. The molecule has 0 spiro atoms. The summed E-state index contributed by atoms with van der Waals surface area (Å²) < 4.78 is 19.6. The van der Waals surface area contributed by atoms with Crippen molar-refractivity contribution >= 4 is 23.5 Å². The zero-order valence-electron chi connectivity index (χ0n) is 18.1. The highest BCUT2D eigenvalue weighted by Crippen LogP contribution is 2.32. The average molecular weight is 430 g/mol. The predicted octanol–water partition coefficient (Wildman–Crippen LogP) is 3.63. The van der Waals surface area contributed by atoms with Crippen LogP contribution < -0.4 is 26.0 Å². The first-order valence-electron chi connectivity index (χ1n) is 11.3. The Labute approximate surface area is 182 Å². The molecule has 0 atom stereocenters. The van der Waals surface area contributed by atoms with E-state index in [1.54, 1.807) is 6.07 Å². The number of halogens is 1. The molecular formula is C22H32FN7O. The normalized spacial score (nSPS) is 18.4. The van der Waals surface area contributed by atoms with E-state index in [4.69, 9.17) is 15.5 Å². The number of ether oxygens (including phenoxy) is 1. The van der Waals surface area contributed by atoms with Crippen LogP contribution in [0.15, 0.2) is 18.2 Å². The number of nitrogens with two attached hydrogens (primary N) is 1. The van der Waals surface area contributed by atoms with Crippen LogP contribution in [-0.2, 0) is 0 Å². The molecule has 0 radical (unpaired) electrons. The van der Waals surface area contributed by atoms with Gasteiger partial charge in [-0.15, -0.1) is 0 Å². The van der Waals surface area contributed by atoms with Gasteiger partial charge in [0.25, 0.3) is 0 Å². The number of hydrogen-bond donors (Lipinski definition) is 3. The lowest BCUT2D eigenvalue weighted by molar-refractivity contribution is 0.386. The van der Waals surface area contributed by atoms with Gasteiger partial charge in [-0.05, 0) is 50.9 Å². The van der Waals surface area contributed by atoms with Gasteiger partial charge in [-0.3, -0.25) is 0 Å². The lowest BCUT2D eigenvalue weighted by Gasteiger charge is -2.35. The second-order valence-corrected chi connectivity index (χ2v) is 8.32. The van der Waals surface area contributed by atoms with Crippen molar-refractivity contribution in [2.45, 2.75) is 63.5 Å². The van der Waals surface area contributed by atoms with Gasteiger partial charge in [0.1, 0.15) is 0 Å². The first-order chi connectivity index (χ1) is 15.1. The number of nitrogens with zero attached hydrogens (tertiary/aromatic N) is 4. The number of nitrogen functional groups attached to an aromatic ring is 1. The topological polar surface area (TPSA) is 101 Å². The van der Waals surface area contributed by atoms with Crippen LogP contribution >= 0.6 is 0 Å². The highest BCUT2D eigenvalue weighted by atomic mass is 19.1. The van der Waals surface area contributed by atoms with E-state index in [-0.39, 0.29) is 17.7 Å². The maximum Gasteiger partial charge on any atom is 0.236 e. The molecule has 2 fully saturated rings. The minimum atomic E-state index is -0.419. The molecule has 1 saturated heterocycles. The minimum absolute atomic E-state index is 0.126. The van der Waals surface area contributed by atoms with Crippen molar-refractivity contribution < 1.29 is 9.13 Å². The van der Waals surface area contributed by atoms with Crippen molar-refractivity contribution in [3.8, 4) is 5.75 Å². The first kappa shape index (κ1) is 21.5. The van der Waals surface area contributed by atoms with Crippen molar-refractivity contribution in [1.29, 1.82) is 0 Å². The SMILES string of the molecule is COc1ccc(N(c2nc(N)nc(NC3CCCCCC3)n2)C2CCNCC2)cc1F. The highest BCUT2D eigenvalue weighted by molar-refractivity contribution is 5.61. The maximum absolute atomic E-state index is 14.5. The summed E-state index contributed by atoms with van der Waals surface area (Å²) in [5, 5.41) is 6.84. The van der Waals surface area contributed by atoms with Crippen LogP contribution in [0.2, 0.25) is 0 Å². The summed E-state index contributed by atoms with van der Waals surface area (Å²) in [6.45, 7) is 1.76. The van der Waals surface area contributed by atoms with Crippen LogP contribution in [0.4, 0.5) is 27.9 Å². The molecule has 2 heterocycles.